The SMILES string of the molecule is O=[PH]([O-])O[PH](=O)[O-].OCCl.[Be+2]. The van der Waals surface area contributed by atoms with Crippen molar-refractivity contribution in [3.63, 3.8) is 0 Å². The summed E-state index contributed by atoms with van der Waals surface area (Å²) in [5.41, 5.74) is 0. The molecule has 0 aliphatic heterocycles. The Hall–Kier alpha value is 0.759. The molecule has 0 aliphatic carbocycles. The third kappa shape index (κ3) is 36.4. The van der Waals surface area contributed by atoms with Gasteiger partial charge in [0.25, 0.3) is 0 Å². The van der Waals surface area contributed by atoms with Gasteiger partial charge in [0.05, 0.1) is 0 Å². The molecule has 11 heavy (non-hydrogen) atoms. The fraction of sp³-hybridized carbons (Fsp3) is 1.00. The Morgan fingerprint density at radius 3 is 1.55 bits per heavy atom. The minimum atomic E-state index is -3.51. The monoisotopic (exact) mass is 219 g/mol. The van der Waals surface area contributed by atoms with Gasteiger partial charge < -0.3 is 24.0 Å². The summed E-state index contributed by atoms with van der Waals surface area (Å²) in [6.45, 7) is 0. The molecule has 0 amide bonds. The molecule has 1 N–H and O–H groups in total. The van der Waals surface area contributed by atoms with Crippen molar-refractivity contribution in [1.82, 2.24) is 0 Å². The maximum Gasteiger partial charge on any atom is 2.00 e. The van der Waals surface area contributed by atoms with Crippen LogP contribution >= 0.6 is 28.1 Å². The van der Waals surface area contributed by atoms with E-state index >= 15 is 0 Å². The predicted molar refractivity (Wildman–Crippen MR) is 37.8 cm³/mol. The molecule has 0 radical (unpaired) electrons. The molecular formula is CH5BeClO6P2. The second-order valence-corrected chi connectivity index (χ2v) is 2.78. The third-order valence-corrected chi connectivity index (χ3v) is 1.50. The van der Waals surface area contributed by atoms with Gasteiger partial charge in [0, 0.05) is 0 Å². The molecule has 0 aromatic heterocycles. The zero-order valence-electron chi connectivity index (χ0n) is 5.28. The molecule has 10 heteroatoms. The third-order valence-electron chi connectivity index (χ3n) is 0.167. The smallest absolute Gasteiger partial charge is 0.781 e. The van der Waals surface area contributed by atoms with Crippen LogP contribution in [0.5, 0.6) is 0 Å². The minimum Gasteiger partial charge on any atom is -0.781 e. The van der Waals surface area contributed by atoms with Crippen molar-refractivity contribution in [2.75, 3.05) is 6.07 Å². The summed E-state index contributed by atoms with van der Waals surface area (Å²) in [6, 6.07) is -0.278. The maximum absolute atomic E-state index is 9.29. The van der Waals surface area contributed by atoms with Gasteiger partial charge >= 0.3 is 10.1 Å². The summed E-state index contributed by atoms with van der Waals surface area (Å²) < 4.78 is 21.8. The average molecular weight is 219 g/mol. The van der Waals surface area contributed by atoms with Gasteiger partial charge in [-0.1, -0.05) is 11.6 Å². The van der Waals surface area contributed by atoms with Gasteiger partial charge in [-0.15, -0.1) is 0 Å². The summed E-state index contributed by atoms with van der Waals surface area (Å²) in [7, 11) is -7.03. The van der Waals surface area contributed by atoms with Gasteiger partial charge in [-0.05, 0) is 0 Å². The molecule has 2 atom stereocenters. The van der Waals surface area contributed by atoms with E-state index in [9.17, 15) is 18.9 Å². The van der Waals surface area contributed by atoms with Crippen LogP contribution in [0.15, 0.2) is 0 Å². The Labute approximate surface area is 73.3 Å². The van der Waals surface area contributed by atoms with Crippen molar-refractivity contribution in [2.45, 2.75) is 0 Å². The van der Waals surface area contributed by atoms with Crippen LogP contribution in [-0.4, -0.2) is 21.3 Å². The van der Waals surface area contributed by atoms with Crippen LogP contribution < -0.4 is 9.79 Å². The molecule has 0 aromatic carbocycles. The molecule has 2 unspecified atom stereocenters. The molecule has 0 fully saturated rings. The first-order chi connectivity index (χ1) is 4.54. The largest absolute Gasteiger partial charge is 2.00 e. The van der Waals surface area contributed by atoms with Crippen molar-refractivity contribution in [3.8, 4) is 0 Å². The summed E-state index contributed by atoms with van der Waals surface area (Å²) >= 11 is 4.55. The number of hydrogen-bond donors (Lipinski definition) is 1. The normalized spacial score (nSPS) is 13.5. The van der Waals surface area contributed by atoms with E-state index in [-0.39, 0.29) is 16.2 Å². The second kappa shape index (κ2) is 13.4. The number of hydrogen-bond acceptors (Lipinski definition) is 6. The first kappa shape index (κ1) is 17.7. The quantitative estimate of drug-likeness (QED) is 0.337. The Kier molecular flexibility index (Phi) is 21.5. The number of halogens is 1. The summed E-state index contributed by atoms with van der Waals surface area (Å²) in [4.78, 5) is 18.6. The minimum absolute atomic E-state index is 0. The number of aliphatic hydroxyl groups excluding tert-OH is 1. The Bertz CT molecular complexity index is 107. The standard InChI is InChI=1S/CH3ClO.Be.H4O5P2/c2-1-3;;1-6(2)5-7(3)4/h3H,1H2;;6-7H,(H,1,2)(H,3,4)/q;+2;/p-2. The van der Waals surface area contributed by atoms with Crippen LogP contribution in [0.2, 0.25) is 0 Å². The molecule has 0 aromatic rings. The molecule has 6 nitrogen and oxygen atoms in total. The first-order valence-corrected chi connectivity index (χ1v) is 4.79. The topological polar surface area (TPSA) is 110 Å². The van der Waals surface area contributed by atoms with E-state index in [1.807, 2.05) is 0 Å². The average Bonchev–Trinajstić information content (AvgIpc) is 1.62. The Morgan fingerprint density at radius 1 is 1.36 bits per heavy atom. The first-order valence-electron chi connectivity index (χ1n) is 1.81. The van der Waals surface area contributed by atoms with Gasteiger partial charge in [0.2, 0.25) is 0 Å². The van der Waals surface area contributed by atoms with Crippen molar-refractivity contribution >= 4 is 38.2 Å². The predicted octanol–water partition coefficient (Wildman–Crippen LogP) is -1.70. The number of rotatable bonds is 2. The van der Waals surface area contributed by atoms with Crippen molar-refractivity contribution in [2.24, 2.45) is 0 Å². The van der Waals surface area contributed by atoms with E-state index < -0.39 is 16.5 Å². The molecule has 0 bridgehead atoms. The number of aliphatic hydroxyl groups is 1. The molecule has 0 saturated heterocycles. The Morgan fingerprint density at radius 2 is 1.55 bits per heavy atom. The van der Waals surface area contributed by atoms with E-state index in [2.05, 4.69) is 15.9 Å². The van der Waals surface area contributed by atoms with Gasteiger partial charge in [0.1, 0.15) is 22.6 Å². The summed E-state index contributed by atoms with van der Waals surface area (Å²) in [6.07, 6.45) is 0. The molecule has 0 rings (SSSR count). The van der Waals surface area contributed by atoms with Crippen LogP contribution in [0.4, 0.5) is 0 Å². The van der Waals surface area contributed by atoms with Gasteiger partial charge in [-0.25, -0.2) is 0 Å². The van der Waals surface area contributed by atoms with E-state index in [4.69, 9.17) is 5.11 Å². The van der Waals surface area contributed by atoms with Crippen LogP contribution in [0.25, 0.3) is 0 Å². The van der Waals surface area contributed by atoms with Crippen LogP contribution in [0, 0.1) is 0 Å². The van der Waals surface area contributed by atoms with Crippen molar-refractivity contribution < 1.29 is 28.3 Å². The fourth-order valence-electron chi connectivity index (χ4n) is 0.0680. The molecule has 0 spiro atoms. The van der Waals surface area contributed by atoms with Crippen molar-refractivity contribution in [1.29, 1.82) is 0 Å². The Balaban J connectivity index is -0.000000140. The summed E-state index contributed by atoms with van der Waals surface area (Å²) in [5.74, 6) is 0. The summed E-state index contributed by atoms with van der Waals surface area (Å²) in [5, 5.41) is 7.33. The molecule has 0 saturated carbocycles. The molecular weight excluding hydrogens is 214 g/mol. The van der Waals surface area contributed by atoms with Gasteiger partial charge in [-0.2, -0.15) is 0 Å². The maximum atomic E-state index is 9.29. The van der Waals surface area contributed by atoms with Gasteiger partial charge in [0.15, 0.2) is 0 Å². The molecule has 64 valence electrons. The van der Waals surface area contributed by atoms with Gasteiger partial charge in [-0.3, -0.25) is 4.31 Å². The van der Waals surface area contributed by atoms with Crippen LogP contribution in [-0.2, 0) is 13.4 Å². The van der Waals surface area contributed by atoms with Crippen molar-refractivity contribution in [3.05, 3.63) is 0 Å². The van der Waals surface area contributed by atoms with E-state index in [1.54, 1.807) is 0 Å². The molecule has 0 aliphatic rings. The fourth-order valence-corrected chi connectivity index (χ4v) is 0.612. The zero-order chi connectivity index (χ0) is 8.57. The van der Waals surface area contributed by atoms with Crippen LogP contribution in [0.1, 0.15) is 0 Å². The van der Waals surface area contributed by atoms with E-state index in [0.717, 1.165) is 0 Å². The number of alkyl halides is 1. The van der Waals surface area contributed by atoms with E-state index in [0.29, 0.717) is 0 Å². The van der Waals surface area contributed by atoms with E-state index in [1.165, 1.54) is 0 Å². The van der Waals surface area contributed by atoms with Crippen LogP contribution in [0.3, 0.4) is 0 Å². The zero-order valence-corrected chi connectivity index (χ0v) is 8.04. The second-order valence-electron chi connectivity index (χ2n) is 0.722. The molecule has 0 heterocycles.